The molecular formula is C21H21BrN6O4S. The van der Waals surface area contributed by atoms with Gasteiger partial charge >= 0.3 is 11.7 Å². The van der Waals surface area contributed by atoms with E-state index >= 15 is 0 Å². The number of carbonyl (C=O) groups excluding carboxylic acids is 2. The van der Waals surface area contributed by atoms with Crippen LogP contribution in [-0.4, -0.2) is 48.5 Å². The maximum Gasteiger partial charge on any atom is 0.323 e. The molecule has 0 bridgehead atoms. The van der Waals surface area contributed by atoms with E-state index in [1.165, 1.54) is 11.8 Å². The number of nitrogens with zero attached hydrogens (tertiary/aromatic N) is 3. The van der Waals surface area contributed by atoms with Gasteiger partial charge in [0.1, 0.15) is 11.2 Å². The first kappa shape index (κ1) is 23.2. The lowest BCUT2D eigenvalue weighted by Crippen LogP contribution is -2.07. The quantitative estimate of drug-likeness (QED) is 0.120. The summed E-state index contributed by atoms with van der Waals surface area (Å²) in [5, 5.41) is 9.81. The lowest BCUT2D eigenvalue weighted by Gasteiger charge is -2.03. The smallest absolute Gasteiger partial charge is 0.323 e. The number of benzene rings is 1. The van der Waals surface area contributed by atoms with Gasteiger partial charge in [-0.15, -0.1) is 10.2 Å². The molecule has 0 aliphatic carbocycles. The molecule has 0 saturated heterocycles. The zero-order chi connectivity index (χ0) is 23.4. The summed E-state index contributed by atoms with van der Waals surface area (Å²) in [6, 6.07) is 5.82. The fourth-order valence-corrected chi connectivity index (χ4v) is 4.51. The third-order valence-corrected chi connectivity index (χ3v) is 6.28. The number of ether oxygens (including phenoxy) is 1. The van der Waals surface area contributed by atoms with E-state index in [0.717, 1.165) is 15.4 Å². The zero-order valence-electron chi connectivity index (χ0n) is 17.7. The second kappa shape index (κ2) is 10.3. The number of H-pyrrole nitrogens is 3. The minimum Gasteiger partial charge on any atom is -0.466 e. The molecule has 0 amide bonds. The summed E-state index contributed by atoms with van der Waals surface area (Å²) < 4.78 is 5.81. The van der Waals surface area contributed by atoms with Crippen molar-refractivity contribution in [2.75, 3.05) is 6.61 Å². The first-order valence-corrected chi connectivity index (χ1v) is 12.2. The van der Waals surface area contributed by atoms with E-state index in [9.17, 15) is 14.4 Å². The van der Waals surface area contributed by atoms with Crippen LogP contribution in [0.25, 0.3) is 22.1 Å². The zero-order valence-corrected chi connectivity index (χ0v) is 20.1. The molecule has 4 rings (SSSR count). The number of nitrogens with one attached hydrogen (secondary N) is 3. The van der Waals surface area contributed by atoms with E-state index in [1.54, 1.807) is 6.92 Å². The van der Waals surface area contributed by atoms with Gasteiger partial charge < -0.3 is 19.7 Å². The molecule has 172 valence electrons. The maximum absolute atomic E-state index is 12.6. The molecule has 3 heterocycles. The van der Waals surface area contributed by atoms with Crippen molar-refractivity contribution in [2.24, 2.45) is 0 Å². The Bertz CT molecular complexity index is 1380. The number of fused-ring (bicyclic) bond motifs is 3. The maximum atomic E-state index is 12.6. The third kappa shape index (κ3) is 5.50. The Hall–Kier alpha value is -2.99. The van der Waals surface area contributed by atoms with Crippen molar-refractivity contribution >= 4 is 61.5 Å². The normalized spacial score (nSPS) is 11.3. The number of rotatable bonds is 10. The van der Waals surface area contributed by atoms with Crippen LogP contribution in [0, 0.1) is 0 Å². The Morgan fingerprint density at radius 1 is 1.12 bits per heavy atom. The van der Waals surface area contributed by atoms with Crippen LogP contribution in [0.1, 0.15) is 48.8 Å². The predicted octanol–water partition coefficient (Wildman–Crippen LogP) is 3.88. The van der Waals surface area contributed by atoms with Crippen molar-refractivity contribution in [3.63, 3.8) is 0 Å². The number of halogens is 1. The van der Waals surface area contributed by atoms with Crippen molar-refractivity contribution in [2.45, 2.75) is 43.5 Å². The molecule has 0 fully saturated rings. The summed E-state index contributed by atoms with van der Waals surface area (Å²) in [6.07, 6.45) is 1.56. The van der Waals surface area contributed by atoms with Gasteiger partial charge in [0, 0.05) is 34.0 Å². The van der Waals surface area contributed by atoms with Crippen LogP contribution in [0.2, 0.25) is 0 Å². The first-order chi connectivity index (χ1) is 15.9. The largest absolute Gasteiger partial charge is 0.466 e. The molecule has 3 N–H and O–H groups in total. The number of imidazole rings is 1. The molecule has 10 nitrogen and oxygen atoms in total. The van der Waals surface area contributed by atoms with Gasteiger partial charge in [-0.1, -0.05) is 27.7 Å². The fourth-order valence-electron chi connectivity index (χ4n) is 3.41. The number of aromatic nitrogens is 6. The molecule has 1 aromatic carbocycles. The van der Waals surface area contributed by atoms with Gasteiger partial charge in [0.05, 0.1) is 12.3 Å². The summed E-state index contributed by atoms with van der Waals surface area (Å²) in [7, 11) is 0. The van der Waals surface area contributed by atoms with Gasteiger partial charge in [0.25, 0.3) is 0 Å². The summed E-state index contributed by atoms with van der Waals surface area (Å²) >= 11 is 4.72. The molecular weight excluding hydrogens is 512 g/mol. The van der Waals surface area contributed by atoms with Crippen LogP contribution in [-0.2, 0) is 15.3 Å². The van der Waals surface area contributed by atoms with Gasteiger partial charge in [-0.3, -0.25) is 9.59 Å². The van der Waals surface area contributed by atoms with E-state index in [0.29, 0.717) is 47.2 Å². The van der Waals surface area contributed by atoms with Crippen LogP contribution in [0.3, 0.4) is 0 Å². The van der Waals surface area contributed by atoms with E-state index in [-0.39, 0.29) is 30.3 Å². The lowest BCUT2D eigenvalue weighted by molar-refractivity contribution is -0.143. The number of ketones is 1. The topological polar surface area (TPSA) is 146 Å². The van der Waals surface area contributed by atoms with Crippen molar-refractivity contribution in [1.29, 1.82) is 0 Å². The van der Waals surface area contributed by atoms with Crippen LogP contribution in [0.5, 0.6) is 0 Å². The highest BCUT2D eigenvalue weighted by Crippen LogP contribution is 2.27. The highest BCUT2D eigenvalue weighted by Gasteiger charge is 2.17. The van der Waals surface area contributed by atoms with Gasteiger partial charge in [-0.2, -0.15) is 0 Å². The monoisotopic (exact) mass is 532 g/mol. The van der Waals surface area contributed by atoms with Crippen molar-refractivity contribution in [3.8, 4) is 0 Å². The second-order valence-corrected chi connectivity index (χ2v) is 9.12. The van der Waals surface area contributed by atoms with Crippen LogP contribution in [0.4, 0.5) is 0 Å². The highest BCUT2D eigenvalue weighted by molar-refractivity contribution is 9.10. The number of aromatic amines is 3. The molecule has 0 atom stereocenters. The number of hydrogen-bond acceptors (Lipinski definition) is 8. The van der Waals surface area contributed by atoms with Gasteiger partial charge in [0.2, 0.25) is 5.16 Å². The first-order valence-electron chi connectivity index (χ1n) is 10.4. The number of carbonyl (C=O) groups is 2. The molecule has 0 aliphatic rings. The van der Waals surface area contributed by atoms with E-state index in [4.69, 9.17) is 4.74 Å². The highest BCUT2D eigenvalue weighted by atomic mass is 79.9. The predicted molar refractivity (Wildman–Crippen MR) is 127 cm³/mol. The average molecular weight is 533 g/mol. The molecule has 0 spiro atoms. The van der Waals surface area contributed by atoms with Crippen LogP contribution < -0.4 is 5.69 Å². The Balaban J connectivity index is 1.41. The lowest BCUT2D eigenvalue weighted by atomic mass is 10.1. The molecule has 0 aliphatic heterocycles. The number of hydrogen-bond donors (Lipinski definition) is 3. The molecule has 12 heteroatoms. The number of Topliss-reactive ketones (excluding diaryl/α,β-unsaturated/α-hetero) is 1. The molecule has 4 aromatic rings. The third-order valence-electron chi connectivity index (χ3n) is 4.93. The van der Waals surface area contributed by atoms with Crippen molar-refractivity contribution in [3.05, 3.63) is 44.5 Å². The van der Waals surface area contributed by atoms with Crippen molar-refractivity contribution in [1.82, 2.24) is 30.1 Å². The average Bonchev–Trinajstić information content (AvgIpc) is 3.34. The number of unbranched alkanes of at least 4 members (excludes halogenated alkanes) is 1. The van der Waals surface area contributed by atoms with Crippen molar-refractivity contribution < 1.29 is 14.3 Å². The summed E-state index contributed by atoms with van der Waals surface area (Å²) in [4.78, 5) is 48.8. The summed E-state index contributed by atoms with van der Waals surface area (Å²) in [5.74, 6) is -0.171. The second-order valence-electron chi connectivity index (χ2n) is 7.26. The van der Waals surface area contributed by atoms with Gasteiger partial charge in [0.15, 0.2) is 11.4 Å². The molecule has 0 radical (unpaired) electrons. The standard InChI is InChI=1S/C21H21BrN6O4S/c1-2-32-16(30)6-4-3-5-15(29)18-14(24-20(31)25-18)10-33-21-26-19-17(27-28-21)12-9-11(22)7-8-13(12)23-19/h7-9H,2-6,10H2,1H3,(H,23,26,28)(H2,24,25,31). The SMILES string of the molecule is CCOC(=O)CCCCC(=O)c1[nH]c(=O)[nH]c1CSc1nnc2c(n1)[nH]c1ccc(Br)cc12. The minimum absolute atomic E-state index is 0.191. The van der Waals surface area contributed by atoms with Gasteiger partial charge in [-0.25, -0.2) is 9.78 Å². The van der Waals surface area contributed by atoms with Gasteiger partial charge in [-0.05, 0) is 38.0 Å². The van der Waals surface area contributed by atoms with Crippen LogP contribution >= 0.6 is 27.7 Å². The molecule has 0 unspecified atom stereocenters. The summed E-state index contributed by atoms with van der Waals surface area (Å²) in [6.45, 7) is 2.09. The Morgan fingerprint density at radius 2 is 1.94 bits per heavy atom. The van der Waals surface area contributed by atoms with E-state index in [1.807, 2.05) is 18.2 Å². The number of thioether (sulfide) groups is 1. The Labute approximate surface area is 200 Å². The minimum atomic E-state index is -0.448. The molecule has 3 aromatic heterocycles. The van der Waals surface area contributed by atoms with E-state index in [2.05, 4.69) is 46.1 Å². The summed E-state index contributed by atoms with van der Waals surface area (Å²) in [5.41, 5.74) is 2.46. The molecule has 0 saturated carbocycles. The van der Waals surface area contributed by atoms with Crippen LogP contribution in [0.15, 0.2) is 32.6 Å². The number of esters is 1. The molecule has 33 heavy (non-hydrogen) atoms. The van der Waals surface area contributed by atoms with E-state index < -0.39 is 5.69 Å². The Kier molecular flexibility index (Phi) is 7.23. The Morgan fingerprint density at radius 3 is 2.76 bits per heavy atom. The fraction of sp³-hybridized carbons (Fsp3) is 0.333.